The van der Waals surface area contributed by atoms with Gasteiger partial charge >= 0.3 is 0 Å². The lowest BCUT2D eigenvalue weighted by molar-refractivity contribution is -0.142. The molecule has 0 saturated heterocycles. The van der Waals surface area contributed by atoms with Crippen LogP contribution in [0.2, 0.25) is 0 Å². The first-order chi connectivity index (χ1) is 13.1. The van der Waals surface area contributed by atoms with E-state index in [1.165, 1.54) is 0 Å². The van der Waals surface area contributed by atoms with Gasteiger partial charge in [-0.3, -0.25) is 9.59 Å². The number of fused-ring (bicyclic) bond motifs is 1. The molecule has 1 heterocycles. The van der Waals surface area contributed by atoms with E-state index in [0.29, 0.717) is 13.0 Å². The maximum atomic E-state index is 13.1. The van der Waals surface area contributed by atoms with E-state index in [-0.39, 0.29) is 17.7 Å². The minimum absolute atomic E-state index is 0.0327. The monoisotopic (exact) mass is 384 g/mol. The highest BCUT2D eigenvalue weighted by Gasteiger charge is 2.58. The fourth-order valence-electron chi connectivity index (χ4n) is 4.55. The number of hydrogen-bond acceptors (Lipinski definition) is 3. The van der Waals surface area contributed by atoms with Crippen LogP contribution in [-0.4, -0.2) is 46.9 Å². The summed E-state index contributed by atoms with van der Waals surface area (Å²) in [5.74, 6) is 0.975. The molecule has 1 aromatic heterocycles. The van der Waals surface area contributed by atoms with Crippen LogP contribution in [0.4, 0.5) is 0 Å². The molecule has 28 heavy (non-hydrogen) atoms. The Morgan fingerprint density at radius 2 is 1.93 bits per heavy atom. The largest absolute Gasteiger partial charge is 0.355 e. The molecule has 1 saturated carbocycles. The van der Waals surface area contributed by atoms with Crippen LogP contribution < -0.4 is 5.32 Å². The predicted molar refractivity (Wildman–Crippen MR) is 111 cm³/mol. The average molecular weight is 385 g/mol. The molecule has 0 spiro atoms. The number of benzene rings is 1. The molecule has 0 unspecified atom stereocenters. The van der Waals surface area contributed by atoms with Gasteiger partial charge in [-0.2, -0.15) is 0 Å². The molecule has 6 heteroatoms. The molecule has 2 atom stereocenters. The maximum Gasteiger partial charge on any atom is 0.226 e. The van der Waals surface area contributed by atoms with E-state index in [1.807, 2.05) is 38.2 Å². The average Bonchev–Trinajstić information content (AvgIpc) is 3.09. The third kappa shape index (κ3) is 3.19. The maximum absolute atomic E-state index is 13.1. The third-order valence-corrected chi connectivity index (χ3v) is 6.98. The van der Waals surface area contributed by atoms with Crippen molar-refractivity contribution >= 4 is 22.8 Å². The molecule has 2 aromatic rings. The van der Waals surface area contributed by atoms with E-state index in [1.54, 1.807) is 19.0 Å². The van der Waals surface area contributed by atoms with Crippen molar-refractivity contribution in [2.75, 3.05) is 20.6 Å². The molecular formula is C22H32N4O2. The van der Waals surface area contributed by atoms with Crippen LogP contribution >= 0.6 is 0 Å². The highest BCUT2D eigenvalue weighted by molar-refractivity contribution is 5.87. The van der Waals surface area contributed by atoms with Crippen molar-refractivity contribution in [2.45, 2.75) is 40.0 Å². The number of aryl methyl sites for hydroxylation is 1. The number of para-hydroxylation sites is 2. The molecule has 2 amide bonds. The number of imidazole rings is 1. The van der Waals surface area contributed by atoms with Crippen molar-refractivity contribution in [1.82, 2.24) is 19.8 Å². The molecule has 0 radical (unpaired) electrons. The van der Waals surface area contributed by atoms with Crippen LogP contribution in [0.1, 0.15) is 39.4 Å². The summed E-state index contributed by atoms with van der Waals surface area (Å²) in [7, 11) is 5.57. The lowest BCUT2D eigenvalue weighted by atomic mass is 9.65. The second-order valence-corrected chi connectivity index (χ2v) is 8.96. The molecule has 152 valence electrons. The number of carbonyl (C=O) groups is 2. The van der Waals surface area contributed by atoms with Crippen molar-refractivity contribution in [3.63, 3.8) is 0 Å². The van der Waals surface area contributed by atoms with Gasteiger partial charge in [-0.1, -0.05) is 32.9 Å². The molecule has 1 fully saturated rings. The number of hydrogen-bond donors (Lipinski definition) is 1. The Balaban J connectivity index is 1.67. The Morgan fingerprint density at radius 1 is 1.25 bits per heavy atom. The van der Waals surface area contributed by atoms with E-state index >= 15 is 0 Å². The van der Waals surface area contributed by atoms with Gasteiger partial charge in [0.1, 0.15) is 5.82 Å². The van der Waals surface area contributed by atoms with E-state index in [2.05, 4.69) is 28.7 Å². The summed E-state index contributed by atoms with van der Waals surface area (Å²) in [4.78, 5) is 32.0. The highest BCUT2D eigenvalue weighted by Crippen LogP contribution is 2.56. The van der Waals surface area contributed by atoms with Crippen LogP contribution in [0.25, 0.3) is 11.0 Å². The molecule has 6 nitrogen and oxygen atoms in total. The normalized spacial score (nSPS) is 23.7. The number of rotatable bonds is 5. The summed E-state index contributed by atoms with van der Waals surface area (Å²) < 4.78 is 2.08. The van der Waals surface area contributed by atoms with Gasteiger partial charge in [0.25, 0.3) is 0 Å². The minimum Gasteiger partial charge on any atom is -0.355 e. The lowest BCUT2D eigenvalue weighted by Crippen LogP contribution is -2.49. The number of nitrogens with zero attached hydrogens (tertiary/aromatic N) is 3. The Bertz CT molecular complexity index is 899. The molecule has 3 rings (SSSR count). The SMILES string of the molecule is CN(C)C(=O)[C@@H]1CC[C@](C)(C(=O)NCCc2nc3ccccc3n2C)C1(C)C. The van der Waals surface area contributed by atoms with Gasteiger partial charge in [-0.05, 0) is 30.4 Å². The van der Waals surface area contributed by atoms with Gasteiger partial charge in [0.2, 0.25) is 11.8 Å². The fraction of sp³-hybridized carbons (Fsp3) is 0.591. The van der Waals surface area contributed by atoms with Crippen LogP contribution in [0, 0.1) is 16.7 Å². The Hall–Kier alpha value is -2.37. The third-order valence-electron chi connectivity index (χ3n) is 6.98. The predicted octanol–water partition coefficient (Wildman–Crippen LogP) is 2.76. The van der Waals surface area contributed by atoms with Gasteiger partial charge in [-0.15, -0.1) is 0 Å². The number of carbonyl (C=O) groups excluding carboxylic acids is 2. The first-order valence-corrected chi connectivity index (χ1v) is 9.99. The van der Waals surface area contributed by atoms with Gasteiger partial charge in [-0.25, -0.2) is 4.98 Å². The van der Waals surface area contributed by atoms with Gasteiger partial charge < -0.3 is 14.8 Å². The zero-order chi connectivity index (χ0) is 20.7. The van der Waals surface area contributed by atoms with Crippen LogP contribution in [-0.2, 0) is 23.1 Å². The molecule has 0 bridgehead atoms. The Labute approximate surface area is 167 Å². The second kappa shape index (κ2) is 7.22. The molecular weight excluding hydrogens is 352 g/mol. The van der Waals surface area contributed by atoms with Gasteiger partial charge in [0, 0.05) is 40.0 Å². The number of amides is 2. The molecule has 1 aliphatic carbocycles. The summed E-state index contributed by atoms with van der Waals surface area (Å²) >= 11 is 0. The summed E-state index contributed by atoms with van der Waals surface area (Å²) in [6, 6.07) is 8.04. The zero-order valence-corrected chi connectivity index (χ0v) is 17.9. The summed E-state index contributed by atoms with van der Waals surface area (Å²) in [5.41, 5.74) is 1.12. The second-order valence-electron chi connectivity index (χ2n) is 8.96. The van der Waals surface area contributed by atoms with Crippen LogP contribution in [0.5, 0.6) is 0 Å². The molecule has 1 aliphatic rings. The minimum atomic E-state index is -0.560. The van der Waals surface area contributed by atoms with Gasteiger partial charge in [0.05, 0.1) is 16.4 Å². The van der Waals surface area contributed by atoms with E-state index in [9.17, 15) is 9.59 Å². The first-order valence-electron chi connectivity index (χ1n) is 9.99. The van der Waals surface area contributed by atoms with Crippen molar-refractivity contribution in [1.29, 1.82) is 0 Å². The molecule has 0 aliphatic heterocycles. The first kappa shape index (κ1) is 20.4. The molecule has 1 aromatic carbocycles. The van der Waals surface area contributed by atoms with Crippen molar-refractivity contribution in [2.24, 2.45) is 23.8 Å². The number of nitrogens with one attached hydrogen (secondary N) is 1. The summed E-state index contributed by atoms with van der Waals surface area (Å²) in [5, 5.41) is 3.11. The summed E-state index contributed by atoms with van der Waals surface area (Å²) in [6.45, 7) is 6.64. The quantitative estimate of drug-likeness (QED) is 0.862. The van der Waals surface area contributed by atoms with E-state index in [4.69, 9.17) is 0 Å². The van der Waals surface area contributed by atoms with Crippen molar-refractivity contribution < 1.29 is 9.59 Å². The fourth-order valence-corrected chi connectivity index (χ4v) is 4.55. The smallest absolute Gasteiger partial charge is 0.226 e. The highest BCUT2D eigenvalue weighted by atomic mass is 16.2. The zero-order valence-electron chi connectivity index (χ0n) is 17.9. The van der Waals surface area contributed by atoms with Crippen molar-refractivity contribution in [3.05, 3.63) is 30.1 Å². The lowest BCUT2D eigenvalue weighted by Gasteiger charge is -2.40. The van der Waals surface area contributed by atoms with Crippen LogP contribution in [0.15, 0.2) is 24.3 Å². The van der Waals surface area contributed by atoms with Gasteiger partial charge in [0.15, 0.2) is 0 Å². The Kier molecular flexibility index (Phi) is 5.26. The number of aromatic nitrogens is 2. The van der Waals surface area contributed by atoms with E-state index < -0.39 is 10.8 Å². The Morgan fingerprint density at radius 3 is 2.57 bits per heavy atom. The molecule has 1 N–H and O–H groups in total. The van der Waals surface area contributed by atoms with Crippen LogP contribution in [0.3, 0.4) is 0 Å². The standard InChI is InChI=1S/C22H32N4O2/c1-21(2)15(19(27)25(4)5)11-13-22(21,3)20(28)23-14-12-18-24-16-9-7-8-10-17(16)26(18)6/h7-10,15H,11-14H2,1-6H3,(H,23,28)/t15-,22+/m0/s1. The van der Waals surface area contributed by atoms with Crippen molar-refractivity contribution in [3.8, 4) is 0 Å². The topological polar surface area (TPSA) is 67.2 Å². The van der Waals surface area contributed by atoms with E-state index in [0.717, 1.165) is 29.7 Å². The summed E-state index contributed by atoms with van der Waals surface area (Å²) in [6.07, 6.45) is 2.15.